The van der Waals surface area contributed by atoms with Crippen molar-refractivity contribution in [1.82, 2.24) is 20.1 Å². The summed E-state index contributed by atoms with van der Waals surface area (Å²) < 4.78 is 5.02. The maximum atomic E-state index is 5.56. The molecule has 2 rings (SSSR count). The second-order valence-corrected chi connectivity index (χ2v) is 3.25. The first kappa shape index (κ1) is 10.0. The Bertz CT molecular complexity index is 417. The minimum atomic E-state index is 0.417. The summed E-state index contributed by atoms with van der Waals surface area (Å²) >= 11 is 5.56. The average molecular weight is 225 g/mol. The Labute approximate surface area is 91.5 Å². The molecule has 2 aromatic rings. The van der Waals surface area contributed by atoms with Gasteiger partial charge in [0, 0.05) is 24.7 Å². The summed E-state index contributed by atoms with van der Waals surface area (Å²) in [5, 5.41) is 3.79. The predicted molar refractivity (Wildman–Crippen MR) is 54.4 cm³/mol. The molecule has 0 bridgehead atoms. The van der Waals surface area contributed by atoms with Crippen LogP contribution in [0.25, 0.3) is 11.6 Å². The third-order valence-corrected chi connectivity index (χ3v) is 2.03. The fourth-order valence-corrected chi connectivity index (χ4v) is 1.21. The van der Waals surface area contributed by atoms with Crippen molar-refractivity contribution < 1.29 is 4.52 Å². The van der Waals surface area contributed by atoms with Crippen LogP contribution in [0.4, 0.5) is 0 Å². The van der Waals surface area contributed by atoms with Gasteiger partial charge in [-0.25, -0.2) is 9.97 Å². The molecule has 2 aromatic heterocycles. The van der Waals surface area contributed by atoms with Crippen LogP contribution in [0, 0.1) is 0 Å². The van der Waals surface area contributed by atoms with E-state index in [2.05, 4.69) is 20.1 Å². The van der Waals surface area contributed by atoms with Crippen molar-refractivity contribution in [1.29, 1.82) is 0 Å². The van der Waals surface area contributed by atoms with Gasteiger partial charge in [0.15, 0.2) is 0 Å². The summed E-state index contributed by atoms with van der Waals surface area (Å²) in [4.78, 5) is 12.2. The van der Waals surface area contributed by atoms with E-state index in [4.69, 9.17) is 16.1 Å². The standard InChI is InChI=1S/C9H9ClN4O/c10-4-1-3-7-13-9(14-15-7)8-11-5-2-6-12-8/h2,5-6H,1,3-4H2. The lowest BCUT2D eigenvalue weighted by molar-refractivity contribution is 0.378. The molecule has 0 radical (unpaired) electrons. The second-order valence-electron chi connectivity index (χ2n) is 2.88. The SMILES string of the molecule is ClCCCc1nc(-c2ncccn2)no1. The molecule has 0 fully saturated rings. The average Bonchev–Trinajstić information content (AvgIpc) is 2.76. The number of hydrogen-bond acceptors (Lipinski definition) is 5. The molecule has 0 saturated heterocycles. The lowest BCUT2D eigenvalue weighted by Crippen LogP contribution is -1.90. The minimum absolute atomic E-state index is 0.417. The zero-order chi connectivity index (χ0) is 10.5. The van der Waals surface area contributed by atoms with Crippen molar-refractivity contribution in [3.63, 3.8) is 0 Å². The van der Waals surface area contributed by atoms with E-state index in [1.165, 1.54) is 0 Å². The molecule has 0 N–H and O–H groups in total. The Morgan fingerprint density at radius 2 is 2.00 bits per heavy atom. The first-order valence-corrected chi connectivity index (χ1v) is 5.09. The Morgan fingerprint density at radius 3 is 2.73 bits per heavy atom. The van der Waals surface area contributed by atoms with Crippen LogP contribution in [0.1, 0.15) is 12.3 Å². The van der Waals surface area contributed by atoms with Crippen LogP contribution in [0.2, 0.25) is 0 Å². The molecular weight excluding hydrogens is 216 g/mol. The molecule has 0 saturated carbocycles. The zero-order valence-corrected chi connectivity index (χ0v) is 8.68. The van der Waals surface area contributed by atoms with E-state index in [1.54, 1.807) is 18.5 Å². The number of rotatable bonds is 4. The van der Waals surface area contributed by atoms with E-state index in [1.807, 2.05) is 0 Å². The fourth-order valence-electron chi connectivity index (χ4n) is 1.08. The van der Waals surface area contributed by atoms with Crippen molar-refractivity contribution in [3.8, 4) is 11.6 Å². The molecule has 0 amide bonds. The summed E-state index contributed by atoms with van der Waals surface area (Å²) in [6, 6.07) is 1.73. The Kier molecular flexibility index (Phi) is 3.24. The highest BCUT2D eigenvalue weighted by molar-refractivity contribution is 6.17. The molecule has 6 heteroatoms. The lowest BCUT2D eigenvalue weighted by Gasteiger charge is -1.89. The van der Waals surface area contributed by atoms with Gasteiger partial charge < -0.3 is 4.52 Å². The number of aryl methyl sites for hydroxylation is 1. The van der Waals surface area contributed by atoms with Crippen molar-refractivity contribution in [2.24, 2.45) is 0 Å². The van der Waals surface area contributed by atoms with E-state index < -0.39 is 0 Å². The molecular formula is C9H9ClN4O. The van der Waals surface area contributed by atoms with Gasteiger partial charge in [-0.05, 0) is 12.5 Å². The first-order chi connectivity index (χ1) is 7.40. The monoisotopic (exact) mass is 224 g/mol. The van der Waals surface area contributed by atoms with Gasteiger partial charge in [-0.15, -0.1) is 11.6 Å². The summed E-state index contributed by atoms with van der Waals surface area (Å²) in [7, 11) is 0. The van der Waals surface area contributed by atoms with E-state index in [9.17, 15) is 0 Å². The molecule has 78 valence electrons. The van der Waals surface area contributed by atoms with Crippen molar-refractivity contribution >= 4 is 11.6 Å². The highest BCUT2D eigenvalue weighted by atomic mass is 35.5. The van der Waals surface area contributed by atoms with E-state index in [0.717, 1.165) is 6.42 Å². The van der Waals surface area contributed by atoms with Crippen molar-refractivity contribution in [2.75, 3.05) is 5.88 Å². The van der Waals surface area contributed by atoms with Crippen LogP contribution in [0.15, 0.2) is 23.0 Å². The van der Waals surface area contributed by atoms with Gasteiger partial charge >= 0.3 is 0 Å². The quantitative estimate of drug-likeness (QED) is 0.740. The maximum absolute atomic E-state index is 5.56. The fraction of sp³-hybridized carbons (Fsp3) is 0.333. The second kappa shape index (κ2) is 4.84. The van der Waals surface area contributed by atoms with Crippen LogP contribution in [-0.4, -0.2) is 26.0 Å². The smallest absolute Gasteiger partial charge is 0.240 e. The molecule has 0 aromatic carbocycles. The van der Waals surface area contributed by atoms with Crippen molar-refractivity contribution in [3.05, 3.63) is 24.4 Å². The van der Waals surface area contributed by atoms with Gasteiger partial charge in [-0.2, -0.15) is 4.98 Å². The number of alkyl halides is 1. The zero-order valence-electron chi connectivity index (χ0n) is 7.93. The third kappa shape index (κ3) is 2.50. The lowest BCUT2D eigenvalue weighted by atomic mass is 10.3. The highest BCUT2D eigenvalue weighted by Gasteiger charge is 2.09. The van der Waals surface area contributed by atoms with E-state index in [-0.39, 0.29) is 0 Å². The van der Waals surface area contributed by atoms with E-state index in [0.29, 0.717) is 29.8 Å². The summed E-state index contributed by atoms with van der Waals surface area (Å²) in [5.74, 6) is 2.04. The van der Waals surface area contributed by atoms with Gasteiger partial charge in [0.25, 0.3) is 0 Å². The molecule has 15 heavy (non-hydrogen) atoms. The number of halogens is 1. The normalized spacial score (nSPS) is 10.5. The number of hydrogen-bond donors (Lipinski definition) is 0. The Balaban J connectivity index is 2.14. The molecule has 0 aliphatic carbocycles. The molecule has 0 spiro atoms. The van der Waals surface area contributed by atoms with E-state index >= 15 is 0 Å². The largest absolute Gasteiger partial charge is 0.339 e. The predicted octanol–water partition coefficient (Wildman–Crippen LogP) is 1.70. The summed E-state index contributed by atoms with van der Waals surface area (Å²) in [6.45, 7) is 0. The van der Waals surface area contributed by atoms with Gasteiger partial charge in [0.1, 0.15) is 0 Å². The number of aromatic nitrogens is 4. The van der Waals surface area contributed by atoms with Crippen LogP contribution in [0.3, 0.4) is 0 Å². The Hall–Kier alpha value is -1.49. The Morgan fingerprint density at radius 1 is 1.20 bits per heavy atom. The van der Waals surface area contributed by atoms with Gasteiger partial charge in [0.2, 0.25) is 17.5 Å². The maximum Gasteiger partial charge on any atom is 0.240 e. The molecule has 0 aliphatic heterocycles. The van der Waals surface area contributed by atoms with Crippen LogP contribution in [0.5, 0.6) is 0 Å². The minimum Gasteiger partial charge on any atom is -0.339 e. The highest BCUT2D eigenvalue weighted by Crippen LogP contribution is 2.10. The summed E-state index contributed by atoms with van der Waals surface area (Å²) in [5.41, 5.74) is 0. The first-order valence-electron chi connectivity index (χ1n) is 4.56. The topological polar surface area (TPSA) is 64.7 Å². The van der Waals surface area contributed by atoms with Crippen LogP contribution in [-0.2, 0) is 6.42 Å². The third-order valence-electron chi connectivity index (χ3n) is 1.76. The molecule has 0 unspecified atom stereocenters. The van der Waals surface area contributed by atoms with Gasteiger partial charge in [-0.3, -0.25) is 0 Å². The van der Waals surface area contributed by atoms with Gasteiger partial charge in [-0.1, -0.05) is 5.16 Å². The van der Waals surface area contributed by atoms with Crippen molar-refractivity contribution in [2.45, 2.75) is 12.8 Å². The molecule has 0 aliphatic rings. The number of nitrogens with zero attached hydrogens (tertiary/aromatic N) is 4. The molecule has 0 atom stereocenters. The van der Waals surface area contributed by atoms with Gasteiger partial charge in [0.05, 0.1) is 0 Å². The summed E-state index contributed by atoms with van der Waals surface area (Å²) in [6.07, 6.45) is 4.77. The van der Waals surface area contributed by atoms with Crippen LogP contribution >= 0.6 is 11.6 Å². The molecule has 2 heterocycles. The van der Waals surface area contributed by atoms with Crippen LogP contribution < -0.4 is 0 Å². The molecule has 5 nitrogen and oxygen atoms in total.